The Hall–Kier alpha value is -0.290. The van der Waals surface area contributed by atoms with Gasteiger partial charge in [-0.15, -0.1) is 0 Å². The van der Waals surface area contributed by atoms with Gasteiger partial charge in [-0.3, -0.25) is 0 Å². The predicted octanol–water partition coefficient (Wildman–Crippen LogP) is 3.52. The molecule has 120 valence electrons. The molecule has 3 rings (SSSR count). The monoisotopic (exact) mass is 334 g/mol. The summed E-state index contributed by atoms with van der Waals surface area (Å²) < 4.78 is 30.9. The molecule has 3 fully saturated rings. The van der Waals surface area contributed by atoms with E-state index in [1.807, 2.05) is 0 Å². The average molecular weight is 335 g/mol. The van der Waals surface area contributed by atoms with Crippen LogP contribution in [0, 0.1) is 17.8 Å². The van der Waals surface area contributed by atoms with E-state index in [1.54, 1.807) is 0 Å². The predicted molar refractivity (Wildman–Crippen MR) is 81.1 cm³/mol. The van der Waals surface area contributed by atoms with E-state index in [2.05, 4.69) is 0 Å². The maximum Gasteiger partial charge on any atom is 0.403 e. The molecule has 0 aromatic heterocycles. The molecule has 6 heteroatoms. The van der Waals surface area contributed by atoms with Crippen molar-refractivity contribution in [1.82, 2.24) is 0 Å². The van der Waals surface area contributed by atoms with Gasteiger partial charge in [0.05, 0.1) is 17.1 Å². The quantitative estimate of drug-likeness (QED) is 0.725. The molecular formula is C15H23ClO4S. The molecule has 21 heavy (non-hydrogen) atoms. The lowest BCUT2D eigenvalue weighted by Gasteiger charge is -2.50. The fraction of sp³-hybridized carbons (Fsp3) is 0.933. The van der Waals surface area contributed by atoms with Gasteiger partial charge in [0.2, 0.25) is 0 Å². The number of fused-ring (bicyclic) bond motifs is 2. The summed E-state index contributed by atoms with van der Waals surface area (Å²) in [4.78, 5) is 11.0. The van der Waals surface area contributed by atoms with Crippen LogP contribution in [0.15, 0.2) is 0 Å². The first-order valence-corrected chi connectivity index (χ1v) is 10.1. The first-order valence-electron chi connectivity index (χ1n) is 8.07. The molecule has 0 aromatic rings. The zero-order valence-electron chi connectivity index (χ0n) is 12.2. The van der Waals surface area contributed by atoms with Crippen LogP contribution in [0.5, 0.6) is 0 Å². The molecule has 0 spiro atoms. The minimum Gasteiger partial charge on any atom is -0.453 e. The molecule has 2 aliphatic carbocycles. The van der Waals surface area contributed by atoms with E-state index < -0.39 is 15.3 Å². The van der Waals surface area contributed by atoms with Crippen molar-refractivity contribution in [2.24, 2.45) is 17.8 Å². The van der Waals surface area contributed by atoms with Gasteiger partial charge in [-0.1, -0.05) is 25.7 Å². The highest BCUT2D eigenvalue weighted by Crippen LogP contribution is 2.50. The van der Waals surface area contributed by atoms with Crippen LogP contribution in [0.4, 0.5) is 4.79 Å². The first-order chi connectivity index (χ1) is 10.0. The molecule has 0 radical (unpaired) electrons. The normalized spacial score (nSPS) is 41.7. The molecule has 0 bridgehead atoms. The lowest BCUT2D eigenvalue weighted by molar-refractivity contribution is 0.0606. The number of hydrogen-bond acceptors (Lipinski definition) is 4. The van der Waals surface area contributed by atoms with Gasteiger partial charge >= 0.3 is 5.43 Å². The highest BCUT2D eigenvalue weighted by atomic mass is 35.5. The summed E-state index contributed by atoms with van der Waals surface area (Å²) >= 11 is 5.32. The van der Waals surface area contributed by atoms with Crippen LogP contribution < -0.4 is 0 Å². The van der Waals surface area contributed by atoms with Gasteiger partial charge < -0.3 is 4.74 Å². The van der Waals surface area contributed by atoms with Gasteiger partial charge in [0.25, 0.3) is 0 Å². The van der Waals surface area contributed by atoms with Crippen LogP contribution in [-0.2, 0) is 14.6 Å². The minimum absolute atomic E-state index is 0.152. The summed E-state index contributed by atoms with van der Waals surface area (Å²) in [5.74, 6) is 0.477. The van der Waals surface area contributed by atoms with E-state index in [9.17, 15) is 13.2 Å². The Morgan fingerprint density at radius 2 is 1.43 bits per heavy atom. The Bertz CT molecular complexity index is 474. The Morgan fingerprint density at radius 3 is 1.90 bits per heavy atom. The molecule has 1 saturated heterocycles. The fourth-order valence-corrected chi connectivity index (χ4v) is 8.15. The third-order valence-corrected chi connectivity index (χ3v) is 8.81. The first kappa shape index (κ1) is 15.6. The molecule has 1 aliphatic heterocycles. The maximum absolute atomic E-state index is 12.9. The summed E-state index contributed by atoms with van der Waals surface area (Å²) in [5.41, 5.74) is -0.775. The number of hydrogen-bond donors (Lipinski definition) is 0. The van der Waals surface area contributed by atoms with Gasteiger partial charge in [0, 0.05) is 17.5 Å². The van der Waals surface area contributed by atoms with Crippen LogP contribution in [0.2, 0.25) is 0 Å². The number of carbonyl (C=O) groups excluding carboxylic acids is 1. The topological polar surface area (TPSA) is 60.4 Å². The van der Waals surface area contributed by atoms with Crippen molar-refractivity contribution in [2.45, 2.75) is 61.9 Å². The van der Waals surface area contributed by atoms with Crippen LogP contribution >= 0.6 is 11.6 Å². The average Bonchev–Trinajstić information content (AvgIpc) is 2.47. The SMILES string of the molecule is O=C(Cl)OCC1C2CCCCC2S(=O)(=O)C2CCCCC12. The van der Waals surface area contributed by atoms with Crippen molar-refractivity contribution in [3.05, 3.63) is 0 Å². The Balaban J connectivity index is 1.90. The van der Waals surface area contributed by atoms with Gasteiger partial charge in [-0.2, -0.15) is 0 Å². The number of halogens is 1. The molecule has 4 unspecified atom stereocenters. The number of ether oxygens (including phenoxy) is 1. The molecule has 4 atom stereocenters. The second-order valence-corrected chi connectivity index (χ2v) is 9.47. The van der Waals surface area contributed by atoms with Crippen LogP contribution in [0.1, 0.15) is 51.4 Å². The Kier molecular flexibility index (Phi) is 4.51. The van der Waals surface area contributed by atoms with E-state index in [1.165, 1.54) is 0 Å². The number of carbonyl (C=O) groups is 1. The summed E-state index contributed by atoms with van der Waals surface area (Å²) in [6.07, 6.45) is 7.61. The second kappa shape index (κ2) is 6.07. The smallest absolute Gasteiger partial charge is 0.403 e. The summed E-state index contributed by atoms with van der Waals surface area (Å²) in [6.45, 7) is 0.292. The Morgan fingerprint density at radius 1 is 0.952 bits per heavy atom. The van der Waals surface area contributed by atoms with Crippen molar-refractivity contribution in [2.75, 3.05) is 6.61 Å². The second-order valence-electron chi connectivity index (χ2n) is 6.78. The highest BCUT2D eigenvalue weighted by molar-refractivity contribution is 7.92. The van der Waals surface area contributed by atoms with Gasteiger partial charge in [0.15, 0.2) is 9.84 Å². The van der Waals surface area contributed by atoms with E-state index in [-0.39, 0.29) is 28.3 Å². The standard InChI is InChI=1S/C15H23ClO4S/c16-15(17)20-9-12-10-5-1-3-7-13(10)21(18,19)14-8-4-2-6-11(12)14/h10-14H,1-9H2. The summed E-state index contributed by atoms with van der Waals surface area (Å²) in [5, 5.41) is -0.436. The summed E-state index contributed by atoms with van der Waals surface area (Å²) in [7, 11) is -3.03. The van der Waals surface area contributed by atoms with Crippen molar-refractivity contribution < 1.29 is 17.9 Å². The van der Waals surface area contributed by atoms with Gasteiger partial charge in [-0.05, 0) is 37.5 Å². The van der Waals surface area contributed by atoms with Gasteiger partial charge in [-0.25, -0.2) is 13.2 Å². The largest absolute Gasteiger partial charge is 0.453 e. The van der Waals surface area contributed by atoms with Crippen molar-refractivity contribution in [3.63, 3.8) is 0 Å². The molecule has 3 aliphatic rings. The molecule has 0 N–H and O–H groups in total. The van der Waals surface area contributed by atoms with Gasteiger partial charge in [0.1, 0.15) is 0 Å². The lowest BCUT2D eigenvalue weighted by atomic mass is 9.69. The third-order valence-electron chi connectivity index (χ3n) is 5.84. The van der Waals surface area contributed by atoms with E-state index >= 15 is 0 Å². The van der Waals surface area contributed by atoms with Crippen molar-refractivity contribution in [3.8, 4) is 0 Å². The number of rotatable bonds is 2. The third kappa shape index (κ3) is 2.83. The zero-order chi connectivity index (χ0) is 15.0. The van der Waals surface area contributed by atoms with E-state index in [0.29, 0.717) is 6.61 Å². The molecule has 0 amide bonds. The van der Waals surface area contributed by atoms with Crippen LogP contribution in [0.25, 0.3) is 0 Å². The van der Waals surface area contributed by atoms with E-state index in [0.717, 1.165) is 51.4 Å². The zero-order valence-corrected chi connectivity index (χ0v) is 13.7. The highest BCUT2D eigenvalue weighted by Gasteiger charge is 2.54. The fourth-order valence-electron chi connectivity index (χ4n) is 5.00. The molecule has 4 nitrogen and oxygen atoms in total. The number of sulfone groups is 1. The van der Waals surface area contributed by atoms with Crippen molar-refractivity contribution in [1.29, 1.82) is 0 Å². The molecule has 0 aromatic carbocycles. The molecule has 1 heterocycles. The lowest BCUT2D eigenvalue weighted by Crippen LogP contribution is -2.55. The van der Waals surface area contributed by atoms with E-state index in [4.69, 9.17) is 16.3 Å². The molecule has 2 saturated carbocycles. The molecular weight excluding hydrogens is 312 g/mol. The Labute approximate surface area is 131 Å². The minimum atomic E-state index is -3.03. The van der Waals surface area contributed by atoms with Crippen molar-refractivity contribution >= 4 is 26.9 Å². The maximum atomic E-state index is 12.9. The van der Waals surface area contributed by atoms with Crippen LogP contribution in [0.3, 0.4) is 0 Å². The summed E-state index contributed by atoms with van der Waals surface area (Å²) in [6, 6.07) is 0. The van der Waals surface area contributed by atoms with Crippen LogP contribution in [-0.4, -0.2) is 31.0 Å².